The number of aromatic amines is 1. The number of hydrogen-bond acceptors (Lipinski definition) is 9. The second kappa shape index (κ2) is 17.1. The van der Waals surface area contributed by atoms with Gasteiger partial charge in [0, 0.05) is 76.3 Å². The van der Waals surface area contributed by atoms with Gasteiger partial charge in [0.2, 0.25) is 11.8 Å². The highest BCUT2D eigenvalue weighted by molar-refractivity contribution is 6.02. The molecule has 1 saturated heterocycles. The number of alkyl carbamates (subject to hydrolysis) is 1. The van der Waals surface area contributed by atoms with Gasteiger partial charge in [-0.1, -0.05) is 54.6 Å². The maximum Gasteiger partial charge on any atom is 0.407 e. The van der Waals surface area contributed by atoms with Crippen LogP contribution in [0.1, 0.15) is 62.0 Å². The van der Waals surface area contributed by atoms with Crippen LogP contribution >= 0.6 is 0 Å². The molecule has 2 saturated carbocycles. The Labute approximate surface area is 338 Å². The van der Waals surface area contributed by atoms with E-state index < -0.39 is 18.2 Å². The number of imidazole rings is 1. The minimum absolute atomic E-state index is 0.0233. The van der Waals surface area contributed by atoms with Gasteiger partial charge in [0.15, 0.2) is 0 Å². The zero-order valence-electron chi connectivity index (χ0n) is 33.4. The molecule has 0 radical (unpaired) electrons. The van der Waals surface area contributed by atoms with Crippen molar-refractivity contribution in [2.75, 3.05) is 27.9 Å². The molecule has 3 amide bonds. The number of hydrogen-bond donors (Lipinski definition) is 3. The minimum atomic E-state index is -0.948. The van der Waals surface area contributed by atoms with E-state index in [0.29, 0.717) is 37.2 Å². The number of carbonyl (C=O) groups is 3. The predicted molar refractivity (Wildman–Crippen MR) is 219 cm³/mol. The topological polar surface area (TPSA) is 160 Å². The first-order valence-electron chi connectivity index (χ1n) is 20.1. The molecule has 8 atom stereocenters. The largest absolute Gasteiger partial charge is 0.453 e. The second-order valence-electron chi connectivity index (χ2n) is 15.9. The number of aliphatic imine (C=N–C) groups is 1. The van der Waals surface area contributed by atoms with E-state index in [1.165, 1.54) is 26.2 Å². The molecule has 0 spiro atoms. The smallest absolute Gasteiger partial charge is 0.407 e. The fourth-order valence-electron chi connectivity index (χ4n) is 9.51. The van der Waals surface area contributed by atoms with Gasteiger partial charge in [-0.15, -0.1) is 0 Å². The Balaban J connectivity index is 0.903. The molecule has 58 heavy (non-hydrogen) atoms. The number of methoxy groups -OCH3 is 3. The van der Waals surface area contributed by atoms with Crippen LogP contribution in [0.2, 0.25) is 0 Å². The van der Waals surface area contributed by atoms with Crippen LogP contribution in [0.4, 0.5) is 4.79 Å². The first kappa shape index (κ1) is 39.2. The molecule has 2 aliphatic carbocycles. The Bertz CT molecular complexity index is 2170. The molecule has 8 rings (SSSR count). The first-order valence-corrected chi connectivity index (χ1v) is 20.1. The van der Waals surface area contributed by atoms with Crippen molar-refractivity contribution in [2.24, 2.45) is 28.7 Å². The number of likely N-dealkylation sites (tertiary alicyclic amines) is 1. The Morgan fingerprint density at radius 2 is 1.64 bits per heavy atom. The van der Waals surface area contributed by atoms with E-state index in [1.54, 1.807) is 37.5 Å². The van der Waals surface area contributed by atoms with Gasteiger partial charge >= 0.3 is 6.09 Å². The standard InChI is InChI=1S/C45H51N7O6/c1-26(56-2)41(51-45(55)58-4)44(54)52-25-35(57-3)20-38(52)42-48-24-37(50-42)31-13-11-29(12-14-31)28-7-9-30(10-8-28)34-19-36(47-23-34)39-32-15-16-33(18-32)40(39)43(53)49-22-27-6-5-17-46-21-27/h5-14,17,21,23-24,26,32-33,35,38-41H,15-16,18-20,22,25H2,1-4H3,(H,48,50)(H,49,53)(H,51,55)/t26-,32?,33?,35+,38+,39+,40-,41+/m1/s1. The number of carbonyl (C=O) groups excluding carboxylic acids is 3. The highest BCUT2D eigenvalue weighted by atomic mass is 16.5. The third kappa shape index (κ3) is 7.93. The molecule has 2 bridgehead atoms. The molecule has 3 N–H and O–H groups in total. The van der Waals surface area contributed by atoms with Gasteiger partial charge in [-0.05, 0) is 77.5 Å². The zero-order valence-corrected chi connectivity index (χ0v) is 33.4. The van der Waals surface area contributed by atoms with Gasteiger partial charge in [-0.2, -0.15) is 0 Å². The van der Waals surface area contributed by atoms with Crippen LogP contribution in [0, 0.1) is 23.7 Å². The number of H-pyrrole nitrogens is 1. The maximum absolute atomic E-state index is 13.8. The molecule has 13 nitrogen and oxygen atoms in total. The first-order chi connectivity index (χ1) is 28.2. The van der Waals surface area contributed by atoms with E-state index >= 15 is 0 Å². The predicted octanol–water partition coefficient (Wildman–Crippen LogP) is 6.35. The average Bonchev–Trinajstić information content (AvgIpc) is 4.13. The van der Waals surface area contributed by atoms with Crippen LogP contribution in [-0.4, -0.2) is 89.6 Å². The van der Waals surface area contributed by atoms with Crippen molar-refractivity contribution < 1.29 is 28.6 Å². The normalized spacial score (nSPS) is 24.6. The van der Waals surface area contributed by atoms with Crippen LogP contribution in [-0.2, 0) is 30.3 Å². The Morgan fingerprint density at radius 3 is 2.33 bits per heavy atom. The van der Waals surface area contributed by atoms with Crippen molar-refractivity contribution in [2.45, 2.75) is 69.9 Å². The molecule has 13 heteroatoms. The van der Waals surface area contributed by atoms with Crippen molar-refractivity contribution in [3.8, 4) is 22.4 Å². The van der Waals surface area contributed by atoms with Crippen molar-refractivity contribution in [3.05, 3.63) is 102 Å². The molecule has 3 fully saturated rings. The van der Waals surface area contributed by atoms with Gasteiger partial charge in [0.1, 0.15) is 11.9 Å². The highest BCUT2D eigenvalue weighted by Crippen LogP contribution is 2.54. The Kier molecular flexibility index (Phi) is 11.5. The van der Waals surface area contributed by atoms with Crippen LogP contribution in [0.15, 0.2) is 90.4 Å². The summed E-state index contributed by atoms with van der Waals surface area (Å²) < 4.78 is 15.9. The number of nitrogens with one attached hydrogen (secondary N) is 3. The summed E-state index contributed by atoms with van der Waals surface area (Å²) >= 11 is 0. The summed E-state index contributed by atoms with van der Waals surface area (Å²) in [4.78, 5) is 58.4. The molecule has 2 unspecified atom stereocenters. The van der Waals surface area contributed by atoms with Crippen LogP contribution < -0.4 is 10.6 Å². The summed E-state index contributed by atoms with van der Waals surface area (Å²) in [5.41, 5.74) is 8.46. The molecule has 2 aliphatic heterocycles. The van der Waals surface area contributed by atoms with Crippen LogP contribution in [0.3, 0.4) is 0 Å². The van der Waals surface area contributed by atoms with E-state index in [9.17, 15) is 14.4 Å². The van der Waals surface area contributed by atoms with Crippen molar-refractivity contribution >= 4 is 29.2 Å². The number of aromatic nitrogens is 3. The molecular formula is C45H51N7O6. The van der Waals surface area contributed by atoms with Gasteiger partial charge in [-0.3, -0.25) is 19.6 Å². The summed E-state index contributed by atoms with van der Waals surface area (Å²) in [5, 5.41) is 5.83. The third-order valence-electron chi connectivity index (χ3n) is 12.7. The van der Waals surface area contributed by atoms with Gasteiger partial charge in [0.25, 0.3) is 0 Å². The zero-order chi connectivity index (χ0) is 40.3. The SMILES string of the molecule is COC(=O)N[C@H](C(=O)N1C[C@@H](OC)C[C@H]1c1ncc(-c2ccc(-c3ccc(C4=CN=C([C@@H]5C6CCC(C6)[C@H]5C(=O)NCc5cccnc5)C4)cc3)cc2)[nH]1)[C@@H](C)OC. The van der Waals surface area contributed by atoms with E-state index in [-0.39, 0.29) is 35.8 Å². The lowest BCUT2D eigenvalue weighted by atomic mass is 9.75. The average molecular weight is 786 g/mol. The van der Waals surface area contributed by atoms with Crippen molar-refractivity contribution in [3.63, 3.8) is 0 Å². The number of rotatable bonds is 13. The Morgan fingerprint density at radius 1 is 0.914 bits per heavy atom. The molecule has 2 aromatic heterocycles. The van der Waals surface area contributed by atoms with Gasteiger partial charge in [-0.25, -0.2) is 9.78 Å². The highest BCUT2D eigenvalue weighted by Gasteiger charge is 2.52. The minimum Gasteiger partial charge on any atom is -0.453 e. The second-order valence-corrected chi connectivity index (χ2v) is 15.9. The molecule has 4 aliphatic rings. The van der Waals surface area contributed by atoms with E-state index in [4.69, 9.17) is 24.2 Å². The van der Waals surface area contributed by atoms with E-state index in [1.807, 2.05) is 18.3 Å². The van der Waals surface area contributed by atoms with Gasteiger partial charge in [0.05, 0.1) is 37.3 Å². The number of ether oxygens (including phenoxy) is 3. The third-order valence-corrected chi connectivity index (χ3v) is 12.7. The van der Waals surface area contributed by atoms with E-state index in [2.05, 4.69) is 69.1 Å². The summed E-state index contributed by atoms with van der Waals surface area (Å²) in [6, 6.07) is 19.5. The summed E-state index contributed by atoms with van der Waals surface area (Å²) in [5.74, 6) is 1.60. The van der Waals surface area contributed by atoms with Crippen LogP contribution in [0.5, 0.6) is 0 Å². The monoisotopic (exact) mass is 785 g/mol. The lowest BCUT2D eigenvalue weighted by Crippen LogP contribution is -2.54. The number of benzene rings is 2. The lowest BCUT2D eigenvalue weighted by Gasteiger charge is -2.30. The number of pyridine rings is 1. The molecule has 4 aromatic rings. The quantitative estimate of drug-likeness (QED) is 0.141. The van der Waals surface area contributed by atoms with Gasteiger partial charge < -0.3 is 34.7 Å². The fraction of sp³-hybridized carbons (Fsp3) is 0.422. The van der Waals surface area contributed by atoms with Crippen molar-refractivity contribution in [1.29, 1.82) is 0 Å². The summed E-state index contributed by atoms with van der Waals surface area (Å²) in [7, 11) is 4.37. The fourth-order valence-corrected chi connectivity index (χ4v) is 9.51. The molecule has 4 heterocycles. The number of allylic oxidation sites excluding steroid dienone is 1. The van der Waals surface area contributed by atoms with Crippen molar-refractivity contribution in [1.82, 2.24) is 30.5 Å². The molecule has 302 valence electrons. The molecule has 2 aromatic carbocycles. The number of nitrogens with zero attached hydrogens (tertiary/aromatic N) is 4. The van der Waals surface area contributed by atoms with Crippen LogP contribution in [0.25, 0.3) is 28.0 Å². The molecular weight excluding hydrogens is 735 g/mol. The summed E-state index contributed by atoms with van der Waals surface area (Å²) in [6.07, 6.45) is 10.6. The summed E-state index contributed by atoms with van der Waals surface area (Å²) in [6.45, 7) is 2.57. The Hall–Kier alpha value is -5.66. The maximum atomic E-state index is 13.8. The lowest BCUT2D eigenvalue weighted by molar-refractivity contribution is -0.138. The number of fused-ring (bicyclic) bond motifs is 2. The number of amides is 3. The van der Waals surface area contributed by atoms with E-state index in [0.717, 1.165) is 58.5 Å².